The van der Waals surface area contributed by atoms with Crippen molar-refractivity contribution in [2.75, 3.05) is 13.2 Å². The molecule has 0 amide bonds. The van der Waals surface area contributed by atoms with Crippen molar-refractivity contribution in [2.45, 2.75) is 37.6 Å². The molecule has 2 N–H and O–H groups in total. The van der Waals surface area contributed by atoms with Crippen molar-refractivity contribution in [2.24, 2.45) is 5.73 Å². The summed E-state index contributed by atoms with van der Waals surface area (Å²) in [5, 5.41) is 0. The van der Waals surface area contributed by atoms with E-state index < -0.39 is 0 Å². The molecule has 1 saturated carbocycles. The van der Waals surface area contributed by atoms with Gasteiger partial charge in [0, 0.05) is 18.1 Å². The average molecular weight is 219 g/mol. The molecular formula is C14H21NO. The normalized spacial score (nSPS) is 19.4. The summed E-state index contributed by atoms with van der Waals surface area (Å²) in [6.45, 7) is 3.62. The Labute approximate surface area is 97.8 Å². The van der Waals surface area contributed by atoms with E-state index in [1.807, 2.05) is 0 Å². The quantitative estimate of drug-likeness (QED) is 0.746. The molecule has 2 nitrogen and oxygen atoms in total. The van der Waals surface area contributed by atoms with Crippen LogP contribution in [0.5, 0.6) is 0 Å². The fourth-order valence-electron chi connectivity index (χ4n) is 2.29. The maximum atomic E-state index is 6.26. The van der Waals surface area contributed by atoms with Crippen LogP contribution in [0.25, 0.3) is 0 Å². The molecule has 1 aliphatic rings. The minimum Gasteiger partial charge on any atom is -0.380 e. The van der Waals surface area contributed by atoms with Gasteiger partial charge < -0.3 is 10.5 Å². The van der Waals surface area contributed by atoms with Crippen molar-refractivity contribution in [1.82, 2.24) is 0 Å². The Bertz CT molecular complexity index is 319. The van der Waals surface area contributed by atoms with Gasteiger partial charge in [-0.15, -0.1) is 0 Å². The smallest absolute Gasteiger partial charge is 0.0626 e. The number of rotatable bonds is 6. The van der Waals surface area contributed by atoms with E-state index >= 15 is 0 Å². The minimum absolute atomic E-state index is 0.140. The summed E-state index contributed by atoms with van der Waals surface area (Å²) in [7, 11) is 0. The van der Waals surface area contributed by atoms with Gasteiger partial charge in [-0.25, -0.2) is 0 Å². The fraction of sp³-hybridized carbons (Fsp3) is 0.571. The highest BCUT2D eigenvalue weighted by atomic mass is 16.5. The molecule has 1 aliphatic carbocycles. The Balaban J connectivity index is 1.97. The summed E-state index contributed by atoms with van der Waals surface area (Å²) < 4.78 is 5.57. The molecule has 0 radical (unpaired) electrons. The lowest BCUT2D eigenvalue weighted by atomic mass is 9.89. The number of ether oxygens (including phenoxy) is 1. The molecule has 0 saturated heterocycles. The molecule has 1 fully saturated rings. The molecule has 1 aromatic rings. The molecule has 0 spiro atoms. The van der Waals surface area contributed by atoms with Gasteiger partial charge in [-0.2, -0.15) is 0 Å². The zero-order chi connectivity index (χ0) is 11.4. The van der Waals surface area contributed by atoms with Crippen molar-refractivity contribution in [3.8, 4) is 0 Å². The number of benzene rings is 1. The second-order valence-electron chi connectivity index (χ2n) is 4.70. The zero-order valence-electron chi connectivity index (χ0n) is 9.99. The summed E-state index contributed by atoms with van der Waals surface area (Å²) in [4.78, 5) is 0. The predicted molar refractivity (Wildman–Crippen MR) is 66.4 cm³/mol. The lowest BCUT2D eigenvalue weighted by Crippen LogP contribution is -2.39. The third-order valence-corrected chi connectivity index (χ3v) is 3.49. The van der Waals surface area contributed by atoms with Crippen LogP contribution in [0, 0.1) is 0 Å². The minimum atomic E-state index is 0.140. The highest BCUT2D eigenvalue weighted by Crippen LogP contribution is 2.50. The zero-order valence-corrected chi connectivity index (χ0v) is 9.99. The third-order valence-electron chi connectivity index (χ3n) is 3.49. The van der Waals surface area contributed by atoms with E-state index in [4.69, 9.17) is 10.5 Å². The van der Waals surface area contributed by atoms with Crippen LogP contribution in [-0.2, 0) is 10.2 Å². The average Bonchev–Trinajstić information content (AvgIpc) is 3.12. The van der Waals surface area contributed by atoms with Crippen molar-refractivity contribution in [3.05, 3.63) is 35.9 Å². The first kappa shape index (κ1) is 11.6. The number of hydrogen-bond donors (Lipinski definition) is 1. The summed E-state index contributed by atoms with van der Waals surface area (Å²) in [5.41, 5.74) is 7.84. The molecular weight excluding hydrogens is 198 g/mol. The largest absolute Gasteiger partial charge is 0.380 e. The van der Waals surface area contributed by atoms with E-state index in [1.165, 1.54) is 18.4 Å². The maximum absolute atomic E-state index is 6.26. The Kier molecular flexibility index (Phi) is 3.62. The SMILES string of the molecule is CCCOCC(N)C1(c2ccccc2)CC1. The molecule has 88 valence electrons. The lowest BCUT2D eigenvalue weighted by Gasteiger charge is -2.23. The Morgan fingerprint density at radius 3 is 2.56 bits per heavy atom. The summed E-state index contributed by atoms with van der Waals surface area (Å²) in [6.07, 6.45) is 3.46. The Morgan fingerprint density at radius 2 is 2.00 bits per heavy atom. The van der Waals surface area contributed by atoms with Gasteiger partial charge in [0.1, 0.15) is 0 Å². The molecule has 1 atom stereocenters. The molecule has 2 heteroatoms. The standard InChI is InChI=1S/C14H21NO/c1-2-10-16-11-13(15)14(8-9-14)12-6-4-3-5-7-12/h3-7,13H,2,8-11,15H2,1H3. The molecule has 16 heavy (non-hydrogen) atoms. The van der Waals surface area contributed by atoms with E-state index in [0.717, 1.165) is 13.0 Å². The van der Waals surface area contributed by atoms with Crippen LogP contribution in [0.3, 0.4) is 0 Å². The van der Waals surface area contributed by atoms with Crippen LogP contribution < -0.4 is 5.73 Å². The first-order chi connectivity index (χ1) is 7.79. The summed E-state index contributed by atoms with van der Waals surface area (Å²) >= 11 is 0. The van der Waals surface area contributed by atoms with E-state index in [9.17, 15) is 0 Å². The van der Waals surface area contributed by atoms with Gasteiger partial charge in [0.25, 0.3) is 0 Å². The van der Waals surface area contributed by atoms with E-state index in [1.54, 1.807) is 0 Å². The topological polar surface area (TPSA) is 35.2 Å². The van der Waals surface area contributed by atoms with Gasteiger partial charge in [0.15, 0.2) is 0 Å². The van der Waals surface area contributed by atoms with Crippen LogP contribution in [0.2, 0.25) is 0 Å². The van der Waals surface area contributed by atoms with Gasteiger partial charge in [-0.3, -0.25) is 0 Å². The monoisotopic (exact) mass is 219 g/mol. The molecule has 1 aromatic carbocycles. The van der Waals surface area contributed by atoms with E-state index in [2.05, 4.69) is 37.3 Å². The first-order valence-electron chi connectivity index (χ1n) is 6.18. The summed E-state index contributed by atoms with van der Waals surface area (Å²) in [5.74, 6) is 0. The van der Waals surface area contributed by atoms with E-state index in [0.29, 0.717) is 6.61 Å². The van der Waals surface area contributed by atoms with Gasteiger partial charge in [0.05, 0.1) is 6.61 Å². The molecule has 0 aliphatic heterocycles. The van der Waals surface area contributed by atoms with Crippen LogP contribution in [0.15, 0.2) is 30.3 Å². The second kappa shape index (κ2) is 4.98. The van der Waals surface area contributed by atoms with Crippen molar-refractivity contribution in [1.29, 1.82) is 0 Å². The van der Waals surface area contributed by atoms with Crippen LogP contribution in [0.4, 0.5) is 0 Å². The van der Waals surface area contributed by atoms with Crippen molar-refractivity contribution < 1.29 is 4.74 Å². The van der Waals surface area contributed by atoms with Gasteiger partial charge in [0.2, 0.25) is 0 Å². The van der Waals surface area contributed by atoms with Gasteiger partial charge >= 0.3 is 0 Å². The lowest BCUT2D eigenvalue weighted by molar-refractivity contribution is 0.112. The molecule has 0 heterocycles. The van der Waals surface area contributed by atoms with Crippen molar-refractivity contribution in [3.63, 3.8) is 0 Å². The van der Waals surface area contributed by atoms with Gasteiger partial charge in [-0.05, 0) is 24.8 Å². The van der Waals surface area contributed by atoms with Crippen LogP contribution in [0.1, 0.15) is 31.7 Å². The second-order valence-corrected chi connectivity index (χ2v) is 4.70. The Hall–Kier alpha value is -0.860. The van der Waals surface area contributed by atoms with Crippen LogP contribution in [-0.4, -0.2) is 19.3 Å². The fourth-order valence-corrected chi connectivity index (χ4v) is 2.29. The first-order valence-corrected chi connectivity index (χ1v) is 6.18. The predicted octanol–water partition coefficient (Wildman–Crippen LogP) is 2.47. The van der Waals surface area contributed by atoms with E-state index in [-0.39, 0.29) is 11.5 Å². The Morgan fingerprint density at radius 1 is 1.31 bits per heavy atom. The maximum Gasteiger partial charge on any atom is 0.0626 e. The van der Waals surface area contributed by atoms with Crippen LogP contribution >= 0.6 is 0 Å². The third kappa shape index (κ3) is 2.28. The molecule has 2 rings (SSSR count). The van der Waals surface area contributed by atoms with Crippen molar-refractivity contribution >= 4 is 0 Å². The molecule has 0 aromatic heterocycles. The molecule has 1 unspecified atom stereocenters. The number of hydrogen-bond acceptors (Lipinski definition) is 2. The number of nitrogens with two attached hydrogens (primary N) is 1. The van der Waals surface area contributed by atoms with Gasteiger partial charge in [-0.1, -0.05) is 37.3 Å². The highest BCUT2D eigenvalue weighted by Gasteiger charge is 2.49. The summed E-state index contributed by atoms with van der Waals surface area (Å²) in [6, 6.07) is 10.8. The highest BCUT2D eigenvalue weighted by molar-refractivity contribution is 5.33. The molecule has 0 bridgehead atoms.